The second-order valence-electron chi connectivity index (χ2n) is 28.9. The summed E-state index contributed by atoms with van der Waals surface area (Å²) in [6.45, 7) is -1.95. The first kappa shape index (κ1) is 95.6. The van der Waals surface area contributed by atoms with Crippen LogP contribution in [-0.2, 0) is 96.0 Å². The summed E-state index contributed by atoms with van der Waals surface area (Å²) in [4.78, 5) is 214. The van der Waals surface area contributed by atoms with E-state index in [0.29, 0.717) is 21.2 Å². The highest BCUT2D eigenvalue weighted by Crippen LogP contribution is 2.30. The molecule has 26 N–H and O–H groups in total. The van der Waals surface area contributed by atoms with Gasteiger partial charge in [-0.2, -0.15) is 0 Å². The fourth-order valence-corrected chi connectivity index (χ4v) is 13.2. The molecule has 3 aliphatic rings. The topological polar surface area (TPSA) is 696 Å². The number of aliphatic hydroxyl groups excluding tert-OH is 10. The summed E-state index contributed by atoms with van der Waals surface area (Å²) in [5.41, 5.74) is 12.4. The van der Waals surface area contributed by atoms with Crippen LogP contribution >= 0.6 is 15.9 Å². The second kappa shape index (κ2) is 45.0. The van der Waals surface area contributed by atoms with E-state index in [2.05, 4.69) is 69.1 Å². The van der Waals surface area contributed by atoms with Crippen LogP contribution in [0.1, 0.15) is 87.4 Å². The Morgan fingerprint density at radius 1 is 0.608 bits per heavy atom. The smallest absolute Gasteiger partial charge is 0.251 e. The minimum Gasteiger partial charge on any atom is -0.548 e. The highest BCUT2D eigenvalue weighted by Gasteiger charge is 2.49. The molecule has 4 heterocycles. The molecule has 1 fully saturated rings. The van der Waals surface area contributed by atoms with E-state index >= 15 is 9.59 Å². The van der Waals surface area contributed by atoms with Crippen molar-refractivity contribution in [1.82, 2.24) is 68.4 Å². The van der Waals surface area contributed by atoms with Crippen molar-refractivity contribution in [1.29, 1.82) is 0 Å². The first-order chi connectivity index (χ1) is 56.8. The molecule has 652 valence electrons. The second-order valence-corrected chi connectivity index (χ2v) is 29.8. The number of β-amino-alcohol motifs (C(OH)–C–C–N with tert-alkyl or cyclic N) is 1. The Bertz CT molecular complexity index is 4390. The van der Waals surface area contributed by atoms with Gasteiger partial charge < -0.3 is 141 Å². The molecule has 21 atom stereocenters. The molecule has 5 unspecified atom stereocenters. The number of fused-ring (bicyclic) bond motifs is 2. The van der Waals surface area contributed by atoms with Crippen LogP contribution in [0, 0.1) is 0 Å². The molecular weight excluding hydrogens is 1650 g/mol. The molecule has 120 heavy (non-hydrogen) atoms. The van der Waals surface area contributed by atoms with Crippen molar-refractivity contribution < 1.29 is 137 Å². The van der Waals surface area contributed by atoms with E-state index < -0.39 is 300 Å². The third-order valence-corrected chi connectivity index (χ3v) is 20.2. The number of hydrogen-bond donors (Lipinski definition) is 24. The maximum atomic E-state index is 15.4. The number of carbonyl (C=O) groups excluding carboxylic acids is 15. The fraction of sp³-hybridized carbons (Fsp3) is 0.474. The average molecular weight is 1750 g/mol. The summed E-state index contributed by atoms with van der Waals surface area (Å²) in [5.74, 6) is -23.2. The number of nitrogens with two attached hydrogens (primary N) is 2. The summed E-state index contributed by atoms with van der Waals surface area (Å²) < 4.78 is 8.25. The number of aromatic nitrogens is 2. The highest BCUT2D eigenvalue weighted by molar-refractivity contribution is 9.10. The molecule has 0 saturated carbocycles. The number of carboxylic acids is 1. The molecule has 7 rings (SSSR count). The normalized spacial score (nSPS) is 28.3. The van der Waals surface area contributed by atoms with Crippen LogP contribution in [0.5, 0.6) is 0 Å². The van der Waals surface area contributed by atoms with Crippen LogP contribution in [0.2, 0.25) is 0 Å². The molecule has 44 heteroatoms. The van der Waals surface area contributed by atoms with Gasteiger partial charge in [0.05, 0.1) is 63.0 Å². The van der Waals surface area contributed by atoms with Gasteiger partial charge >= 0.3 is 0 Å². The average Bonchev–Trinajstić information content (AvgIpc) is 1.59. The molecule has 3 aliphatic heterocycles. The molecule has 3 aromatic carbocycles. The van der Waals surface area contributed by atoms with Gasteiger partial charge in [0.2, 0.25) is 89.3 Å². The van der Waals surface area contributed by atoms with Crippen LogP contribution in [0.25, 0.3) is 6.08 Å². The maximum absolute atomic E-state index is 15.4. The molecule has 0 spiro atoms. The lowest BCUT2D eigenvalue weighted by Crippen LogP contribution is -2.64. The van der Waals surface area contributed by atoms with E-state index in [9.17, 15) is 119 Å². The van der Waals surface area contributed by atoms with Gasteiger partial charge in [-0.25, -0.2) is 9.13 Å². The molecular formula is C76H99BrN16O27. The Morgan fingerprint density at radius 2 is 1.18 bits per heavy atom. The van der Waals surface area contributed by atoms with Gasteiger partial charge in [-0.15, -0.1) is 0 Å². The van der Waals surface area contributed by atoms with Gasteiger partial charge in [0.25, 0.3) is 5.91 Å². The zero-order valence-electron chi connectivity index (χ0n) is 64.9. The number of rotatable bonds is 18. The number of aliphatic hydroxyl groups is 10. The molecule has 4 bridgehead atoms. The monoisotopic (exact) mass is 1750 g/mol. The Labute approximate surface area is 693 Å². The summed E-state index contributed by atoms with van der Waals surface area (Å²) in [7, 11) is 0. The number of hydrogen-bond acceptors (Lipinski definition) is 27. The van der Waals surface area contributed by atoms with Crippen LogP contribution in [-0.4, -0.2) is 286 Å². The number of ether oxygens (including phenoxy) is 1. The number of primary amides is 2. The Kier molecular flexibility index (Phi) is 35.9. The number of benzene rings is 3. The maximum Gasteiger partial charge on any atom is 0.251 e. The number of allylic oxidation sites excluding steroid dienone is 2. The minimum absolute atomic E-state index is 0.279. The van der Waals surface area contributed by atoms with Crippen molar-refractivity contribution in [3.05, 3.63) is 142 Å². The SMILES string of the molecule is CC(/C=C/c1ccccc1)=C\[C@H](O)[C@@H]1CC(=O)N[C@@H](CO)C(=O)N[C@@H]2C[n+]3cc(n(C4OC(CO)C(O)C(O)C4O)c3)C[C@H](NC(=O)CCC[C@@H](C(=O)[O-])NC(=O)[C@H](O)CNC(=O)[C@H]([C@@H](C)c3ccc(Br)cc3)NC(=O)[C@H]([C@@H](O)C(N)=O)NC(=O)[C@H](CC(N)=O)NC2=O)C(=O)N[C@@H]([C@H](C)O)C(=O)N[C@@H](CO)C(=O)N[C@@H](Cc2ccccc2)C(=O)N1. The van der Waals surface area contributed by atoms with Crippen molar-refractivity contribution in [3.63, 3.8) is 0 Å². The van der Waals surface area contributed by atoms with Gasteiger partial charge in [0, 0.05) is 36.1 Å². The molecule has 0 radical (unpaired) electrons. The minimum atomic E-state index is -2.77. The third-order valence-electron chi connectivity index (χ3n) is 19.7. The molecule has 4 aromatic rings. The molecule has 1 saturated heterocycles. The largest absolute Gasteiger partial charge is 0.548 e. The molecule has 14 amide bonds. The highest BCUT2D eigenvalue weighted by atomic mass is 79.9. The van der Waals surface area contributed by atoms with E-state index in [1.807, 2.05) is 10.6 Å². The van der Waals surface area contributed by atoms with E-state index in [4.69, 9.17) is 16.2 Å². The summed E-state index contributed by atoms with van der Waals surface area (Å²) in [5, 5.41) is 152. The predicted molar refractivity (Wildman–Crippen MR) is 414 cm³/mol. The van der Waals surface area contributed by atoms with Crippen LogP contribution in [0.15, 0.2) is 120 Å². The first-order valence-electron chi connectivity index (χ1n) is 37.7. The van der Waals surface area contributed by atoms with Crippen molar-refractivity contribution in [2.75, 3.05) is 26.4 Å². The zero-order chi connectivity index (χ0) is 88.5. The number of carbonyl (C=O) groups is 15. The first-order valence-corrected chi connectivity index (χ1v) is 38.5. The van der Waals surface area contributed by atoms with Crippen LogP contribution in [0.3, 0.4) is 0 Å². The lowest BCUT2D eigenvalue weighted by Gasteiger charge is -2.38. The number of nitrogens with zero attached hydrogens (tertiary/aromatic N) is 2. The number of imidazole rings is 1. The summed E-state index contributed by atoms with van der Waals surface area (Å²) >= 11 is 3.28. The van der Waals surface area contributed by atoms with Crippen molar-refractivity contribution >= 4 is 111 Å². The van der Waals surface area contributed by atoms with Gasteiger partial charge in [-0.05, 0) is 55.5 Å². The van der Waals surface area contributed by atoms with Crippen molar-refractivity contribution in [2.45, 2.75) is 200 Å². The lowest BCUT2D eigenvalue weighted by molar-refractivity contribution is -0.697. The summed E-state index contributed by atoms with van der Waals surface area (Å²) in [6.07, 6.45) is -18.7. The van der Waals surface area contributed by atoms with Crippen LogP contribution < -0.4 is 84.9 Å². The number of aliphatic carboxylic acids is 1. The van der Waals surface area contributed by atoms with Gasteiger partial charge in [-0.3, -0.25) is 67.1 Å². The molecule has 1 aromatic heterocycles. The number of carboxylic acid groups (broad SMARTS) is 1. The van der Waals surface area contributed by atoms with E-state index in [0.717, 1.165) is 28.6 Å². The fourth-order valence-electron chi connectivity index (χ4n) is 12.9. The summed E-state index contributed by atoms with van der Waals surface area (Å²) in [6, 6.07) is -0.835. The van der Waals surface area contributed by atoms with Gasteiger partial charge in [0.15, 0.2) is 6.10 Å². The van der Waals surface area contributed by atoms with E-state index in [1.54, 1.807) is 67.6 Å². The predicted octanol–water partition coefficient (Wildman–Crippen LogP) is -11.6. The number of halogens is 1. The Morgan fingerprint density at radius 3 is 1.80 bits per heavy atom. The molecule has 43 nitrogen and oxygen atoms in total. The van der Waals surface area contributed by atoms with Crippen LogP contribution in [0.4, 0.5) is 0 Å². The Hall–Kier alpha value is -11.6. The van der Waals surface area contributed by atoms with Gasteiger partial charge in [-0.1, -0.05) is 119 Å². The lowest BCUT2D eigenvalue weighted by atomic mass is 9.92. The van der Waals surface area contributed by atoms with E-state index in [-0.39, 0.29) is 5.56 Å². The quantitative estimate of drug-likeness (QED) is 0.0325. The van der Waals surface area contributed by atoms with Crippen molar-refractivity contribution in [3.8, 4) is 0 Å². The Balaban J connectivity index is 1.45. The third kappa shape index (κ3) is 27.2. The van der Waals surface area contributed by atoms with Crippen molar-refractivity contribution in [2.24, 2.45) is 11.5 Å². The molecule has 0 aliphatic carbocycles. The van der Waals surface area contributed by atoms with E-state index in [1.165, 1.54) is 49.4 Å². The zero-order valence-corrected chi connectivity index (χ0v) is 66.5. The standard InChI is InChI=1S/C76H99BrN16O27/c1-35(17-18-38-11-6-4-7-12-38)23-51(98)44-27-56(102)82-49(31-94)69(112)87-48-30-92-29-42(93(34-92)75-63(106)62(105)60(103)53(33-96)120-75)25-46(66(109)90-58(37(3)97)73(116)88-50(32-95)70(113)85-45(65(108)84-44)24-39-13-8-5-9-14-39)81-55(101)16-10-15-43(76(118)119)83-71(114)52(99)28-80-72(115)57(36(2)40-19-21-41(77)22-20-40)89-74(117)59(61(104)64(79)107)91-67(110)47(26-54(78)100)86-68(48)111/h4-9,11-14,17-23,29,34,36-37,43-53,57-63,75,94-99,103-106H,10,15-16,24-28,30-33H2,1-3H3,(H16-,78,79,80,81,82,83,84,85,86,87,88,89,90,91,100,101,102,107,108,109,110,111,112,113,114,115,116,117,118,119)/b18-17+,35-23+/t36-,37-,43-,44-,45-,46-,47-,48+,49-,50-,51-,52+,53?,57-,58-,59-,60?,61+,62?,63?,75?/m0/s1. The number of nitrogens with one attached hydrogen (secondary N) is 12. The number of amides is 14. The van der Waals surface area contributed by atoms with Gasteiger partial charge in [0.1, 0.15) is 103 Å².